The standard InChI is InChI=1S/C15H15NO5/c1-10-14(15(17)20-8-7-18-2)12-9-11(19-6-5-16)3-4-13(12)21-10/h3-4,9H,6-8H2,1-2H3. The van der Waals surface area contributed by atoms with E-state index < -0.39 is 5.97 Å². The Morgan fingerprint density at radius 3 is 2.90 bits per heavy atom. The molecule has 0 amide bonds. The van der Waals surface area contributed by atoms with E-state index in [-0.39, 0.29) is 13.2 Å². The zero-order chi connectivity index (χ0) is 15.2. The molecular weight excluding hydrogens is 274 g/mol. The number of furan rings is 1. The number of carbonyl (C=O) groups is 1. The van der Waals surface area contributed by atoms with Crippen molar-refractivity contribution in [2.45, 2.75) is 6.92 Å². The summed E-state index contributed by atoms with van der Waals surface area (Å²) in [5, 5.41) is 9.13. The number of methoxy groups -OCH3 is 1. The normalized spacial score (nSPS) is 10.3. The number of carbonyl (C=O) groups excluding carboxylic acids is 1. The Labute approximate surface area is 121 Å². The highest BCUT2D eigenvalue weighted by atomic mass is 16.6. The Morgan fingerprint density at radius 1 is 1.38 bits per heavy atom. The van der Waals surface area contributed by atoms with Crippen LogP contribution >= 0.6 is 0 Å². The first-order chi connectivity index (χ1) is 10.2. The largest absolute Gasteiger partial charge is 0.479 e. The third kappa shape index (κ3) is 3.33. The summed E-state index contributed by atoms with van der Waals surface area (Å²) in [6, 6.07) is 6.93. The van der Waals surface area contributed by atoms with E-state index in [0.717, 1.165) is 0 Å². The van der Waals surface area contributed by atoms with Crippen LogP contribution in [-0.4, -0.2) is 32.9 Å². The molecule has 6 heteroatoms. The van der Waals surface area contributed by atoms with E-state index in [1.54, 1.807) is 25.1 Å². The number of aryl methyl sites for hydroxylation is 1. The molecule has 0 aliphatic rings. The van der Waals surface area contributed by atoms with Crippen LogP contribution in [0.3, 0.4) is 0 Å². The van der Waals surface area contributed by atoms with Crippen LogP contribution < -0.4 is 4.74 Å². The van der Waals surface area contributed by atoms with E-state index in [4.69, 9.17) is 23.9 Å². The smallest absolute Gasteiger partial charge is 0.342 e. The van der Waals surface area contributed by atoms with E-state index >= 15 is 0 Å². The summed E-state index contributed by atoms with van der Waals surface area (Å²) in [6.07, 6.45) is 0. The summed E-state index contributed by atoms with van der Waals surface area (Å²) in [5.74, 6) is 0.501. The summed E-state index contributed by atoms with van der Waals surface area (Å²) < 4.78 is 20.7. The average Bonchev–Trinajstić information content (AvgIpc) is 2.80. The molecule has 0 atom stereocenters. The van der Waals surface area contributed by atoms with E-state index in [9.17, 15) is 4.79 Å². The lowest BCUT2D eigenvalue weighted by Gasteiger charge is -2.04. The minimum atomic E-state index is -0.472. The second kappa shape index (κ2) is 6.77. The van der Waals surface area contributed by atoms with Gasteiger partial charge in [0.25, 0.3) is 0 Å². The van der Waals surface area contributed by atoms with Crippen LogP contribution in [0.25, 0.3) is 11.0 Å². The number of rotatable bonds is 6. The number of esters is 1. The minimum Gasteiger partial charge on any atom is -0.479 e. The SMILES string of the molecule is COCCOC(=O)c1c(C)oc2ccc(OCC#N)cc12. The summed E-state index contributed by atoms with van der Waals surface area (Å²) in [7, 11) is 1.53. The van der Waals surface area contributed by atoms with Gasteiger partial charge in [0.15, 0.2) is 6.61 Å². The highest BCUT2D eigenvalue weighted by Gasteiger charge is 2.20. The summed E-state index contributed by atoms with van der Waals surface area (Å²) in [5.41, 5.74) is 0.930. The lowest BCUT2D eigenvalue weighted by molar-refractivity contribution is 0.0388. The van der Waals surface area contributed by atoms with Crippen molar-refractivity contribution in [2.75, 3.05) is 26.9 Å². The van der Waals surface area contributed by atoms with Gasteiger partial charge in [-0.1, -0.05) is 0 Å². The maximum absolute atomic E-state index is 12.1. The van der Waals surface area contributed by atoms with Crippen LogP contribution in [0.5, 0.6) is 5.75 Å². The van der Waals surface area contributed by atoms with Gasteiger partial charge in [0.05, 0.1) is 6.61 Å². The first-order valence-electron chi connectivity index (χ1n) is 6.36. The topological polar surface area (TPSA) is 81.7 Å². The number of hydrogen-bond acceptors (Lipinski definition) is 6. The molecule has 1 aromatic heterocycles. The van der Waals surface area contributed by atoms with Gasteiger partial charge in [0.2, 0.25) is 0 Å². The lowest BCUT2D eigenvalue weighted by atomic mass is 10.1. The molecule has 0 N–H and O–H groups in total. The molecule has 6 nitrogen and oxygen atoms in total. The first-order valence-corrected chi connectivity index (χ1v) is 6.36. The zero-order valence-corrected chi connectivity index (χ0v) is 11.8. The maximum atomic E-state index is 12.1. The van der Waals surface area contributed by atoms with Gasteiger partial charge in [-0.2, -0.15) is 5.26 Å². The minimum absolute atomic E-state index is 0.0596. The van der Waals surface area contributed by atoms with Crippen LogP contribution in [0.2, 0.25) is 0 Å². The number of ether oxygens (including phenoxy) is 3. The highest BCUT2D eigenvalue weighted by molar-refractivity contribution is 6.04. The van der Waals surface area contributed by atoms with Crippen molar-refractivity contribution in [1.82, 2.24) is 0 Å². The lowest BCUT2D eigenvalue weighted by Crippen LogP contribution is -2.10. The maximum Gasteiger partial charge on any atom is 0.342 e. The number of nitrogens with zero attached hydrogens (tertiary/aromatic N) is 1. The van der Waals surface area contributed by atoms with Crippen LogP contribution in [0.1, 0.15) is 16.1 Å². The number of nitriles is 1. The fourth-order valence-corrected chi connectivity index (χ4v) is 1.95. The number of fused-ring (bicyclic) bond motifs is 1. The van der Waals surface area contributed by atoms with Crippen molar-refractivity contribution in [3.63, 3.8) is 0 Å². The fourth-order valence-electron chi connectivity index (χ4n) is 1.95. The zero-order valence-electron chi connectivity index (χ0n) is 11.8. The fraction of sp³-hybridized carbons (Fsp3) is 0.333. The second-order valence-corrected chi connectivity index (χ2v) is 4.27. The van der Waals surface area contributed by atoms with Gasteiger partial charge in [-0.3, -0.25) is 0 Å². The van der Waals surface area contributed by atoms with Crippen LogP contribution in [0.4, 0.5) is 0 Å². The molecule has 0 saturated carbocycles. The van der Waals surface area contributed by atoms with Gasteiger partial charge in [-0.15, -0.1) is 0 Å². The van der Waals surface area contributed by atoms with Gasteiger partial charge >= 0.3 is 5.97 Å². The average molecular weight is 289 g/mol. The summed E-state index contributed by atoms with van der Waals surface area (Å²) >= 11 is 0. The van der Waals surface area contributed by atoms with E-state index in [0.29, 0.717) is 34.6 Å². The molecule has 0 saturated heterocycles. The molecule has 1 heterocycles. The molecule has 0 aliphatic carbocycles. The molecule has 0 unspecified atom stereocenters. The molecule has 0 aliphatic heterocycles. The third-order valence-corrected chi connectivity index (χ3v) is 2.86. The second-order valence-electron chi connectivity index (χ2n) is 4.27. The molecule has 0 bridgehead atoms. The quantitative estimate of drug-likeness (QED) is 0.600. The molecular formula is C15H15NO5. The molecule has 110 valence electrons. The predicted molar refractivity (Wildman–Crippen MR) is 74.2 cm³/mol. The van der Waals surface area contributed by atoms with Crippen LogP contribution in [-0.2, 0) is 9.47 Å². The Balaban J connectivity index is 2.31. The van der Waals surface area contributed by atoms with E-state index in [1.165, 1.54) is 7.11 Å². The van der Waals surface area contributed by atoms with Gasteiger partial charge in [0.1, 0.15) is 35.3 Å². The molecule has 1 aromatic carbocycles. The van der Waals surface area contributed by atoms with Crippen molar-refractivity contribution < 1.29 is 23.4 Å². The van der Waals surface area contributed by atoms with E-state index in [1.807, 2.05) is 6.07 Å². The van der Waals surface area contributed by atoms with Crippen molar-refractivity contribution in [2.24, 2.45) is 0 Å². The number of hydrogen-bond donors (Lipinski definition) is 0. The van der Waals surface area contributed by atoms with Crippen molar-refractivity contribution in [3.8, 4) is 11.8 Å². The Bertz CT molecular complexity index is 683. The third-order valence-electron chi connectivity index (χ3n) is 2.86. The number of benzene rings is 1. The van der Waals surface area contributed by atoms with Crippen LogP contribution in [0.15, 0.2) is 22.6 Å². The monoisotopic (exact) mass is 289 g/mol. The van der Waals surface area contributed by atoms with Gasteiger partial charge < -0.3 is 18.6 Å². The van der Waals surface area contributed by atoms with Crippen molar-refractivity contribution >= 4 is 16.9 Å². The predicted octanol–water partition coefficient (Wildman–Crippen LogP) is 2.45. The van der Waals surface area contributed by atoms with Gasteiger partial charge in [-0.25, -0.2) is 4.79 Å². The molecule has 0 fully saturated rings. The Morgan fingerprint density at radius 2 is 2.19 bits per heavy atom. The molecule has 2 rings (SSSR count). The Hall–Kier alpha value is -2.52. The van der Waals surface area contributed by atoms with Crippen molar-refractivity contribution in [1.29, 1.82) is 5.26 Å². The Kier molecular flexibility index (Phi) is 4.80. The van der Waals surface area contributed by atoms with Gasteiger partial charge in [0, 0.05) is 12.5 Å². The summed E-state index contributed by atoms with van der Waals surface area (Å²) in [6.45, 7) is 2.14. The van der Waals surface area contributed by atoms with Gasteiger partial charge in [-0.05, 0) is 25.1 Å². The molecule has 0 radical (unpaired) electrons. The van der Waals surface area contributed by atoms with Crippen LogP contribution in [0, 0.1) is 18.3 Å². The molecule has 0 spiro atoms. The first kappa shape index (κ1) is 14.9. The molecule has 21 heavy (non-hydrogen) atoms. The summed E-state index contributed by atoms with van der Waals surface area (Å²) in [4.78, 5) is 12.1. The molecule has 2 aromatic rings. The van der Waals surface area contributed by atoms with Crippen molar-refractivity contribution in [3.05, 3.63) is 29.5 Å². The highest BCUT2D eigenvalue weighted by Crippen LogP contribution is 2.29. The van der Waals surface area contributed by atoms with E-state index in [2.05, 4.69) is 0 Å².